The van der Waals surface area contributed by atoms with Gasteiger partial charge in [-0.25, -0.2) is 4.39 Å². The summed E-state index contributed by atoms with van der Waals surface area (Å²) in [4.78, 5) is 23.8. The van der Waals surface area contributed by atoms with Gasteiger partial charge < -0.3 is 19.8 Å². The van der Waals surface area contributed by atoms with Crippen LogP contribution in [0, 0.1) is 38.6 Å². The molecule has 2 N–H and O–H groups in total. The molecule has 10 nitrogen and oxygen atoms in total. The highest BCUT2D eigenvalue weighted by atomic mass is 19.1. The van der Waals surface area contributed by atoms with Crippen molar-refractivity contribution in [3.8, 4) is 23.6 Å². The summed E-state index contributed by atoms with van der Waals surface area (Å²) in [5.74, 6) is -3.73. The van der Waals surface area contributed by atoms with Crippen LogP contribution in [0.3, 0.4) is 0 Å². The topological polar surface area (TPSA) is 161 Å². The van der Waals surface area contributed by atoms with E-state index in [1.165, 1.54) is 25.2 Å². The fourth-order valence-corrected chi connectivity index (χ4v) is 2.65. The molecule has 31 heavy (non-hydrogen) atoms. The molecule has 0 radical (unpaired) electrons. The van der Waals surface area contributed by atoms with Crippen LogP contribution in [0.2, 0.25) is 0 Å². The molecule has 0 saturated carbocycles. The van der Waals surface area contributed by atoms with Crippen LogP contribution in [-0.4, -0.2) is 40.1 Å². The Morgan fingerprint density at radius 3 is 2.55 bits per heavy atom. The molecule has 0 saturated heterocycles. The Morgan fingerprint density at radius 1 is 1.32 bits per heavy atom. The normalized spacial score (nSPS) is 11.0. The number of phenolic OH excluding ortho intramolecular Hbond substituents is 1. The Balaban J connectivity index is 2.47. The van der Waals surface area contributed by atoms with E-state index in [0.29, 0.717) is 0 Å². The minimum absolute atomic E-state index is 0.00798. The van der Waals surface area contributed by atoms with Gasteiger partial charge in [-0.2, -0.15) is 10.5 Å². The van der Waals surface area contributed by atoms with Crippen LogP contribution in [0.5, 0.6) is 11.5 Å². The molecule has 0 atom stereocenters. The largest absolute Gasteiger partial charge is 0.506 e. The second-order valence-electron chi connectivity index (χ2n) is 6.22. The van der Waals surface area contributed by atoms with Crippen molar-refractivity contribution in [3.05, 3.63) is 68.5 Å². The van der Waals surface area contributed by atoms with Crippen LogP contribution in [0.15, 0.2) is 35.9 Å². The summed E-state index contributed by atoms with van der Waals surface area (Å²) in [6, 6.07) is 8.71. The molecule has 158 valence electrons. The van der Waals surface area contributed by atoms with Gasteiger partial charge in [0.05, 0.1) is 23.7 Å². The lowest BCUT2D eigenvalue weighted by molar-refractivity contribution is -0.386. The molecule has 1 amide bonds. The quantitative estimate of drug-likeness (QED) is 0.234. The van der Waals surface area contributed by atoms with E-state index in [0.717, 1.165) is 30.2 Å². The van der Waals surface area contributed by atoms with Crippen molar-refractivity contribution in [2.24, 2.45) is 0 Å². The molecule has 2 aromatic rings. The number of ether oxygens (including phenoxy) is 1. The van der Waals surface area contributed by atoms with Crippen molar-refractivity contribution in [2.45, 2.75) is 6.54 Å². The minimum Gasteiger partial charge on any atom is -0.506 e. The minimum atomic E-state index is -1.00. The highest BCUT2D eigenvalue weighted by molar-refractivity contribution is 6.03. The first-order chi connectivity index (χ1) is 14.6. The van der Waals surface area contributed by atoms with E-state index in [1.807, 2.05) is 6.07 Å². The van der Waals surface area contributed by atoms with Crippen molar-refractivity contribution in [1.29, 1.82) is 10.5 Å². The van der Waals surface area contributed by atoms with E-state index in [9.17, 15) is 34.8 Å². The van der Waals surface area contributed by atoms with Crippen molar-refractivity contribution in [1.82, 2.24) is 4.90 Å². The van der Waals surface area contributed by atoms with E-state index < -0.39 is 39.4 Å². The third kappa shape index (κ3) is 4.68. The van der Waals surface area contributed by atoms with Gasteiger partial charge in [0.2, 0.25) is 5.75 Å². The number of nitro groups is 1. The second kappa shape index (κ2) is 9.24. The molecule has 0 bridgehead atoms. The summed E-state index contributed by atoms with van der Waals surface area (Å²) >= 11 is 0. The number of aliphatic hydroxyl groups is 1. The van der Waals surface area contributed by atoms with Crippen LogP contribution in [0.1, 0.15) is 16.7 Å². The number of amides is 1. The number of likely N-dealkylation sites (N-methyl/N-ethyl adjacent to an activating group) is 1. The maximum absolute atomic E-state index is 14.0. The first-order valence-corrected chi connectivity index (χ1v) is 8.47. The number of hydrogen-bond donors (Lipinski definition) is 2. The molecule has 0 spiro atoms. The third-order valence-electron chi connectivity index (χ3n) is 4.24. The molecule has 0 aromatic heterocycles. The first-order valence-electron chi connectivity index (χ1n) is 8.47. The van der Waals surface area contributed by atoms with Crippen LogP contribution >= 0.6 is 0 Å². The molecule has 2 aromatic carbocycles. The summed E-state index contributed by atoms with van der Waals surface area (Å²) in [5.41, 5.74) is -1.73. The van der Waals surface area contributed by atoms with E-state index in [-0.39, 0.29) is 29.0 Å². The smallest absolute Gasteiger partial charge is 0.315 e. The lowest BCUT2D eigenvalue weighted by Crippen LogP contribution is -2.28. The van der Waals surface area contributed by atoms with Gasteiger partial charge in [0, 0.05) is 30.8 Å². The molecule has 0 unspecified atom stereocenters. The fraction of sp³-hybridized carbons (Fsp3) is 0.150. The number of nitrogens with zero attached hydrogens (tertiary/aromatic N) is 4. The molecular formula is C20H15FN4O6. The Morgan fingerprint density at radius 2 is 2.00 bits per heavy atom. The lowest BCUT2D eigenvalue weighted by Gasteiger charge is -2.18. The predicted molar refractivity (Wildman–Crippen MR) is 104 cm³/mol. The average Bonchev–Trinajstić information content (AvgIpc) is 2.75. The van der Waals surface area contributed by atoms with Crippen LogP contribution in [0.4, 0.5) is 10.1 Å². The van der Waals surface area contributed by atoms with Gasteiger partial charge in [-0.05, 0) is 24.3 Å². The van der Waals surface area contributed by atoms with Crippen molar-refractivity contribution >= 4 is 17.4 Å². The summed E-state index contributed by atoms with van der Waals surface area (Å²) in [6.45, 7) is -0.322. The predicted octanol–water partition coefficient (Wildman–Crippen LogP) is 2.77. The van der Waals surface area contributed by atoms with Gasteiger partial charge >= 0.3 is 5.69 Å². The number of aromatic hydroxyl groups is 1. The Bertz CT molecular complexity index is 1180. The van der Waals surface area contributed by atoms with E-state index in [4.69, 9.17) is 10.00 Å². The number of aliphatic hydroxyl groups excluding tert-OH is 1. The molecular weight excluding hydrogens is 411 g/mol. The number of carbonyl (C=O) groups is 1. The molecule has 0 heterocycles. The zero-order chi connectivity index (χ0) is 23.3. The Labute approximate surface area is 175 Å². The number of rotatable bonds is 6. The summed E-state index contributed by atoms with van der Waals surface area (Å²) in [7, 11) is 2.36. The number of hydrogen-bond acceptors (Lipinski definition) is 8. The lowest BCUT2D eigenvalue weighted by atomic mass is 10.1. The van der Waals surface area contributed by atoms with Gasteiger partial charge in [-0.15, -0.1) is 0 Å². The van der Waals surface area contributed by atoms with E-state index in [2.05, 4.69) is 0 Å². The summed E-state index contributed by atoms with van der Waals surface area (Å²) in [5, 5.41) is 49.7. The molecule has 0 aliphatic rings. The van der Waals surface area contributed by atoms with Gasteiger partial charge in [0.1, 0.15) is 17.6 Å². The van der Waals surface area contributed by atoms with Gasteiger partial charge in [0.15, 0.2) is 11.3 Å². The average molecular weight is 426 g/mol. The van der Waals surface area contributed by atoms with E-state index in [1.54, 1.807) is 0 Å². The highest BCUT2D eigenvalue weighted by Crippen LogP contribution is 2.38. The number of benzene rings is 2. The number of nitro benzene ring substituents is 1. The number of halogens is 1. The SMILES string of the molecule is COc1cc(/C(O)=C(\C#N)C(=O)N(C)Cc2cc(C#N)ccc2F)cc([N+](=O)[O-])c1O. The zero-order valence-electron chi connectivity index (χ0n) is 16.3. The first kappa shape index (κ1) is 22.6. The third-order valence-corrected chi connectivity index (χ3v) is 4.24. The molecule has 0 aliphatic carbocycles. The number of nitriles is 2. The number of methoxy groups -OCH3 is 1. The maximum Gasteiger partial charge on any atom is 0.315 e. The van der Waals surface area contributed by atoms with Crippen LogP contribution in [-0.2, 0) is 11.3 Å². The van der Waals surface area contributed by atoms with Crippen LogP contribution in [0.25, 0.3) is 5.76 Å². The molecule has 11 heteroatoms. The molecule has 0 fully saturated rings. The Kier molecular flexibility index (Phi) is 6.75. The Hall–Kier alpha value is -4.64. The summed E-state index contributed by atoms with van der Waals surface area (Å²) in [6.07, 6.45) is 0. The molecule has 2 rings (SSSR count). The second-order valence-corrected chi connectivity index (χ2v) is 6.22. The highest BCUT2D eigenvalue weighted by Gasteiger charge is 2.26. The molecule has 0 aliphatic heterocycles. The number of phenols is 1. The van der Waals surface area contributed by atoms with Crippen LogP contribution < -0.4 is 4.74 Å². The van der Waals surface area contributed by atoms with Gasteiger partial charge in [0.25, 0.3) is 5.91 Å². The standard InChI is InChI=1S/C20H15FN4O6/c1-24(10-13-5-11(8-22)3-4-15(13)21)20(28)14(9-23)18(26)12-6-16(25(29)30)19(27)17(7-12)31-2/h3-7,26-27H,10H2,1-2H3/b18-14-. The summed E-state index contributed by atoms with van der Waals surface area (Å²) < 4.78 is 18.8. The monoisotopic (exact) mass is 426 g/mol. The van der Waals surface area contributed by atoms with Gasteiger partial charge in [-0.3, -0.25) is 14.9 Å². The van der Waals surface area contributed by atoms with Crippen molar-refractivity contribution in [3.63, 3.8) is 0 Å². The fourth-order valence-electron chi connectivity index (χ4n) is 2.65. The zero-order valence-corrected chi connectivity index (χ0v) is 16.3. The van der Waals surface area contributed by atoms with Crippen molar-refractivity contribution < 1.29 is 29.1 Å². The van der Waals surface area contributed by atoms with Gasteiger partial charge in [-0.1, -0.05) is 0 Å². The maximum atomic E-state index is 14.0. The number of carbonyl (C=O) groups excluding carboxylic acids is 1. The van der Waals surface area contributed by atoms with E-state index >= 15 is 0 Å². The van der Waals surface area contributed by atoms with Crippen molar-refractivity contribution in [2.75, 3.05) is 14.2 Å².